The second-order valence-electron chi connectivity index (χ2n) is 35.6. The number of nitrogens with two attached hydrogens (primary N) is 1. The highest BCUT2D eigenvalue weighted by Gasteiger charge is 2.66. The average molecular weight is 1950 g/mol. The number of para-hydroxylation sites is 1. The molecule has 3 aromatic carbocycles. The van der Waals surface area contributed by atoms with Gasteiger partial charge in [0.25, 0.3) is 16.0 Å². The number of nitrogens with one attached hydrogen (secondary N) is 3. The quantitative estimate of drug-likeness (QED) is 0.0153. The van der Waals surface area contributed by atoms with E-state index in [1.54, 1.807) is 50.6 Å². The fourth-order valence-corrected chi connectivity index (χ4v) is 19.8. The number of hydrogen-bond acceptors (Lipinski definition) is 32. The lowest BCUT2D eigenvalue weighted by molar-refractivity contribution is -0.248. The zero-order valence-corrected chi connectivity index (χ0v) is 81.8. The van der Waals surface area contributed by atoms with Crippen molar-refractivity contribution in [2.75, 3.05) is 273 Å². The SMILES string of the molecule is COCCOCCOCCOCCOCCOCCOCCOCCOCCOCCOCCOCCOCCOCCOCCOCCOCCCc1cc(NC(=O)[C@H](C)NC(=O)[C@@H](N)C(C)C)ccc1COC(=O)N(CCOC12CC3(C)CC(C)(CC(Cn4ncc(-c5ccc(N6CCc7cccc(C(=O)Nc8nc9ccccc9s8)c7C6)nc5C(=O)O)c4C)(C3)C1)C2)CCS(=O)(=O)O. The van der Waals surface area contributed by atoms with Gasteiger partial charge in [-0.3, -0.25) is 28.9 Å². The minimum Gasteiger partial charge on any atom is -0.476 e. The zero-order valence-electron chi connectivity index (χ0n) is 80.2. The number of hydrogen-bond donors (Lipinski definition) is 6. The van der Waals surface area contributed by atoms with Crippen LogP contribution in [0, 0.1) is 29.1 Å². The molecule has 136 heavy (non-hydrogen) atoms. The van der Waals surface area contributed by atoms with Crippen molar-refractivity contribution in [3.8, 4) is 11.1 Å². The van der Waals surface area contributed by atoms with Crippen molar-refractivity contribution in [3.63, 3.8) is 0 Å². The molecule has 4 atom stereocenters. The fourth-order valence-electron chi connectivity index (χ4n) is 18.5. The van der Waals surface area contributed by atoms with Crippen LogP contribution in [0.1, 0.15) is 128 Å². The molecule has 4 bridgehead atoms. The third-order valence-corrected chi connectivity index (χ3v) is 25.6. The number of carbonyl (C=O) groups excluding carboxylic acids is 4. The minimum atomic E-state index is -4.53. The number of anilines is 3. The highest BCUT2D eigenvalue weighted by atomic mass is 32.2. The van der Waals surface area contributed by atoms with Gasteiger partial charge in [-0.1, -0.05) is 69.4 Å². The van der Waals surface area contributed by atoms with Crippen LogP contribution in [0.15, 0.2) is 79.0 Å². The van der Waals surface area contributed by atoms with Crippen LogP contribution in [-0.2, 0) is 142 Å². The van der Waals surface area contributed by atoms with Crippen molar-refractivity contribution in [3.05, 3.63) is 118 Å². The molecule has 40 heteroatoms. The van der Waals surface area contributed by atoms with Crippen LogP contribution in [0.4, 0.5) is 21.4 Å². The summed E-state index contributed by atoms with van der Waals surface area (Å²) < 4.78 is 145. The number of benzene rings is 3. The summed E-state index contributed by atoms with van der Waals surface area (Å²) in [6.45, 7) is 27.3. The minimum absolute atomic E-state index is 0.0331. The maximum absolute atomic E-state index is 14.3. The molecule has 4 fully saturated rings. The highest BCUT2D eigenvalue weighted by molar-refractivity contribution is 7.85. The molecule has 1 aliphatic heterocycles. The van der Waals surface area contributed by atoms with Crippen LogP contribution in [0.2, 0.25) is 0 Å². The van der Waals surface area contributed by atoms with Gasteiger partial charge in [0.05, 0.1) is 252 Å². The van der Waals surface area contributed by atoms with Gasteiger partial charge in [0, 0.05) is 74.5 Å². The molecule has 0 saturated heterocycles. The Morgan fingerprint density at radius 1 is 0.566 bits per heavy atom. The Bertz CT molecular complexity index is 4670. The Balaban J connectivity index is 0.582. The van der Waals surface area contributed by atoms with E-state index in [4.69, 9.17) is 106 Å². The van der Waals surface area contributed by atoms with E-state index in [9.17, 15) is 42.0 Å². The molecule has 2 unspecified atom stereocenters. The molecule has 0 spiro atoms. The maximum atomic E-state index is 14.3. The standard InChI is InChI=1S/C96H144N10O28S2/c1-71(2)85(97)89(109)99-72(3)87(107)100-77-18-17-76(75(60-77)13-11-25-117-29-30-119-33-34-121-37-38-123-41-42-125-45-46-127-49-50-129-53-54-131-57-58-132-56-55-130-52-51-128-48-47-126-44-43-124-40-39-122-36-35-120-32-31-118-28-27-116-7)63-133-92(112)104(24-59-136(113,114)115)23-26-134-96-67-93(5)64-94(6,68-96)66-95(65-93,69-96)70-106-73(4)80(61-98-106)78-19-20-84(102-86(78)90(110)111)105-22-21-74-12-10-14-79(81(74)62-105)88(108)103-91-101-82-15-8-9-16-83(82)135-91/h8-10,12,14-20,60-61,71-72,85H,11,13,21-59,62-70,97H2,1-7H3,(H,99,109)(H,100,107)(H,110,111)(H,101,103,108)(H,113,114,115)/t72-,85-,93?,94?,95?,96?/m0/s1. The van der Waals surface area contributed by atoms with E-state index in [-0.39, 0.29) is 60.1 Å². The second kappa shape index (κ2) is 58.3. The predicted molar refractivity (Wildman–Crippen MR) is 508 cm³/mol. The van der Waals surface area contributed by atoms with Gasteiger partial charge in [0.1, 0.15) is 18.5 Å². The molecule has 3 aromatic heterocycles. The van der Waals surface area contributed by atoms with Gasteiger partial charge in [0.2, 0.25) is 11.8 Å². The fraction of sp³-hybridized carbons (Fsp3) is 0.667. The number of aromatic carboxylic acids is 1. The van der Waals surface area contributed by atoms with Crippen molar-refractivity contribution in [1.82, 2.24) is 30.0 Å². The van der Waals surface area contributed by atoms with Gasteiger partial charge in [-0.25, -0.2) is 19.6 Å². The molecular weight excluding hydrogens is 1810 g/mol. The molecule has 4 saturated carbocycles. The largest absolute Gasteiger partial charge is 0.476 e. The summed E-state index contributed by atoms with van der Waals surface area (Å²) >= 11 is 1.40. The van der Waals surface area contributed by atoms with Gasteiger partial charge in [-0.05, 0) is 159 Å². The highest BCUT2D eigenvalue weighted by Crippen LogP contribution is 2.72. The number of carboxylic acids is 1. The van der Waals surface area contributed by atoms with E-state index in [0.717, 1.165) is 64.7 Å². The van der Waals surface area contributed by atoms with Gasteiger partial charge < -0.3 is 121 Å². The molecule has 38 nitrogen and oxygen atoms in total. The monoisotopic (exact) mass is 1950 g/mol. The van der Waals surface area contributed by atoms with Crippen molar-refractivity contribution in [2.45, 2.75) is 137 Å². The number of ether oxygens (including phenoxy) is 19. The summed E-state index contributed by atoms with van der Waals surface area (Å²) in [6, 6.07) is 20.4. The van der Waals surface area contributed by atoms with E-state index < -0.39 is 57.4 Å². The smallest absolute Gasteiger partial charge is 0.410 e. The number of rotatable bonds is 73. The molecule has 6 aromatic rings. The van der Waals surface area contributed by atoms with Crippen molar-refractivity contribution < 1.29 is 132 Å². The number of carboxylic acid groups (broad SMARTS) is 1. The maximum Gasteiger partial charge on any atom is 0.410 e. The summed E-state index contributed by atoms with van der Waals surface area (Å²) in [5, 5.41) is 24.9. The van der Waals surface area contributed by atoms with Crippen LogP contribution in [0.5, 0.6) is 0 Å². The second-order valence-corrected chi connectivity index (χ2v) is 38.2. The lowest BCUT2D eigenvalue weighted by Gasteiger charge is -2.69. The molecule has 5 aliphatic rings. The Labute approximate surface area is 802 Å². The van der Waals surface area contributed by atoms with E-state index in [0.29, 0.717) is 302 Å². The first-order chi connectivity index (χ1) is 65.7. The number of fused-ring (bicyclic) bond motifs is 2. The van der Waals surface area contributed by atoms with E-state index in [1.807, 2.05) is 72.8 Å². The first kappa shape index (κ1) is 110. The number of nitrogens with zero attached hydrogens (tertiary/aromatic N) is 6. The predicted octanol–water partition coefficient (Wildman–Crippen LogP) is 9.31. The summed E-state index contributed by atoms with van der Waals surface area (Å²) in [5.41, 5.74) is 11.6. The molecule has 0 radical (unpaired) electrons. The molecule has 11 rings (SSSR count). The zero-order chi connectivity index (χ0) is 96.9. The van der Waals surface area contributed by atoms with Crippen molar-refractivity contribution in [1.29, 1.82) is 0 Å². The lowest BCUT2D eigenvalue weighted by Crippen LogP contribution is -2.64. The van der Waals surface area contributed by atoms with Gasteiger partial charge >= 0.3 is 12.1 Å². The Kier molecular flexibility index (Phi) is 47.1. The van der Waals surface area contributed by atoms with Crippen molar-refractivity contribution in [2.24, 2.45) is 27.9 Å². The number of thiazole rings is 1. The number of pyridine rings is 1. The van der Waals surface area contributed by atoms with E-state index in [1.165, 1.54) is 16.2 Å². The lowest BCUT2D eigenvalue weighted by atomic mass is 9.39. The molecule has 4 aliphatic carbocycles. The van der Waals surface area contributed by atoms with Crippen LogP contribution in [0.3, 0.4) is 0 Å². The normalized spacial score (nSPS) is 18.4. The number of methoxy groups -OCH3 is 1. The molecule has 4 amide bonds. The number of carbonyl (C=O) groups is 5. The van der Waals surface area contributed by atoms with Crippen LogP contribution in [0.25, 0.3) is 21.3 Å². The first-order valence-electron chi connectivity index (χ1n) is 47.3. The molecule has 4 heterocycles. The summed E-state index contributed by atoms with van der Waals surface area (Å²) in [5.74, 6) is -2.85. The van der Waals surface area contributed by atoms with Crippen molar-refractivity contribution >= 4 is 78.1 Å². The van der Waals surface area contributed by atoms with Gasteiger partial charge in [0.15, 0.2) is 10.8 Å². The first-order valence-corrected chi connectivity index (χ1v) is 49.7. The van der Waals surface area contributed by atoms with Crippen LogP contribution >= 0.6 is 11.3 Å². The molecular formula is C96H144N10O28S2. The van der Waals surface area contributed by atoms with E-state index >= 15 is 0 Å². The summed E-state index contributed by atoms with van der Waals surface area (Å²) in [7, 11) is -2.90. The van der Waals surface area contributed by atoms with Gasteiger partial charge in [-0.15, -0.1) is 0 Å². The summed E-state index contributed by atoms with van der Waals surface area (Å²) in [4.78, 5) is 80.5. The van der Waals surface area contributed by atoms with Gasteiger partial charge in [-0.2, -0.15) is 13.5 Å². The topological polar surface area (TPSA) is 448 Å². The average Bonchev–Trinajstić information content (AvgIpc) is 0.839. The summed E-state index contributed by atoms with van der Waals surface area (Å²) in [6.07, 6.45) is 7.43. The molecule has 758 valence electrons. The Morgan fingerprint density at radius 3 is 1.58 bits per heavy atom. The third-order valence-electron chi connectivity index (χ3n) is 24.0. The van der Waals surface area contributed by atoms with Crippen LogP contribution in [-0.4, -0.2) is 347 Å². The Hall–Kier alpha value is -7.99. The number of aryl methyl sites for hydroxylation is 1. The van der Waals surface area contributed by atoms with E-state index in [2.05, 4.69) is 34.8 Å². The number of amides is 4. The molecule has 7 N–H and O–H groups in total. The Morgan fingerprint density at radius 2 is 1.08 bits per heavy atom. The number of aromatic nitrogens is 4. The van der Waals surface area contributed by atoms with Crippen LogP contribution < -0.4 is 26.6 Å². The third kappa shape index (κ3) is 37.5.